The average molecular weight is 348 g/mol. The second kappa shape index (κ2) is 10.8. The van der Waals surface area contributed by atoms with Crippen LogP contribution >= 0.6 is 24.8 Å². The number of nitrogens with zero attached hydrogens (tertiary/aromatic N) is 1. The molecule has 0 aromatic heterocycles. The van der Waals surface area contributed by atoms with Gasteiger partial charge in [0.2, 0.25) is 5.91 Å². The molecular weight excluding hydrogens is 321 g/mol. The minimum Gasteiger partial charge on any atom is -0.355 e. The van der Waals surface area contributed by atoms with Gasteiger partial charge < -0.3 is 15.5 Å². The first kappa shape index (κ1) is 21.2. The van der Waals surface area contributed by atoms with Crippen molar-refractivity contribution in [2.24, 2.45) is 11.8 Å². The molecule has 1 unspecified atom stereocenters. The lowest BCUT2D eigenvalue weighted by molar-refractivity contribution is -0.126. The van der Waals surface area contributed by atoms with Crippen LogP contribution in [0.2, 0.25) is 0 Å². The molecule has 1 heterocycles. The molecule has 2 N–H and O–H groups in total. The van der Waals surface area contributed by atoms with E-state index in [0.29, 0.717) is 12.5 Å². The van der Waals surface area contributed by atoms with Crippen LogP contribution < -0.4 is 10.6 Å². The molecule has 1 aliphatic heterocycles. The Morgan fingerprint density at radius 1 is 1.32 bits per heavy atom. The Kier molecular flexibility index (Phi) is 10.4. The van der Waals surface area contributed by atoms with E-state index in [4.69, 9.17) is 0 Å². The van der Waals surface area contributed by atoms with E-state index in [9.17, 15) is 4.79 Å². The largest absolute Gasteiger partial charge is 0.355 e. The quantitative estimate of drug-likeness (QED) is 0.792. The molecule has 1 amide bonds. The smallest absolute Gasteiger partial charge is 0.223 e. The number of benzene rings is 1. The molecule has 1 saturated heterocycles. The van der Waals surface area contributed by atoms with Gasteiger partial charge in [0.25, 0.3) is 0 Å². The van der Waals surface area contributed by atoms with E-state index < -0.39 is 0 Å². The van der Waals surface area contributed by atoms with Gasteiger partial charge in [-0.15, -0.1) is 24.8 Å². The van der Waals surface area contributed by atoms with Crippen molar-refractivity contribution in [1.29, 1.82) is 0 Å². The zero-order valence-electron chi connectivity index (χ0n) is 13.2. The third-order valence-electron chi connectivity index (χ3n) is 4.02. The van der Waals surface area contributed by atoms with Gasteiger partial charge in [0.05, 0.1) is 0 Å². The Morgan fingerprint density at radius 2 is 1.95 bits per heavy atom. The molecule has 1 aliphatic rings. The molecule has 1 fully saturated rings. The summed E-state index contributed by atoms with van der Waals surface area (Å²) in [5, 5.41) is 6.25. The first-order valence-electron chi connectivity index (χ1n) is 7.37. The summed E-state index contributed by atoms with van der Waals surface area (Å²) in [5.74, 6) is 0.817. The van der Waals surface area contributed by atoms with Crippen LogP contribution in [0.5, 0.6) is 0 Å². The highest BCUT2D eigenvalue weighted by atomic mass is 35.5. The number of hydrogen-bond acceptors (Lipinski definition) is 3. The Labute approximate surface area is 145 Å². The predicted octanol–water partition coefficient (Wildman–Crippen LogP) is 1.93. The van der Waals surface area contributed by atoms with Crippen molar-refractivity contribution in [2.45, 2.75) is 13.5 Å². The molecule has 2 rings (SSSR count). The van der Waals surface area contributed by atoms with Gasteiger partial charge in [0.1, 0.15) is 0 Å². The third-order valence-corrected chi connectivity index (χ3v) is 4.02. The maximum absolute atomic E-state index is 12.0. The van der Waals surface area contributed by atoms with E-state index in [1.165, 1.54) is 5.56 Å². The van der Waals surface area contributed by atoms with Gasteiger partial charge in [0, 0.05) is 25.6 Å². The maximum Gasteiger partial charge on any atom is 0.223 e. The van der Waals surface area contributed by atoms with Gasteiger partial charge in [-0.25, -0.2) is 0 Å². The number of hydrogen-bond donors (Lipinski definition) is 2. The first-order chi connectivity index (χ1) is 9.66. The van der Waals surface area contributed by atoms with Crippen molar-refractivity contribution in [3.8, 4) is 0 Å². The fraction of sp³-hybridized carbons (Fsp3) is 0.562. The summed E-state index contributed by atoms with van der Waals surface area (Å²) in [6.45, 7) is 6.47. The van der Waals surface area contributed by atoms with E-state index in [1.54, 1.807) is 0 Å². The molecule has 1 aromatic rings. The molecular formula is C16H27Cl2N3O. The summed E-state index contributed by atoms with van der Waals surface area (Å²) in [6, 6.07) is 10.4. The number of likely N-dealkylation sites (N-methyl/N-ethyl adjacent to an activating group) is 1. The van der Waals surface area contributed by atoms with Crippen molar-refractivity contribution in [3.05, 3.63) is 35.9 Å². The molecule has 126 valence electrons. The van der Waals surface area contributed by atoms with Crippen LogP contribution in [0.15, 0.2) is 30.3 Å². The summed E-state index contributed by atoms with van der Waals surface area (Å²) >= 11 is 0. The lowest BCUT2D eigenvalue weighted by atomic mass is 9.88. The monoisotopic (exact) mass is 347 g/mol. The standard InChI is InChI=1S/C16H25N3O.2ClH/c1-13(15-10-17-11-15)16(20)18-8-9-19(2)12-14-6-4-3-5-7-14;;/h3-7,13,15,17H,8-12H2,1-2H3,(H,18,20);2*1H. The van der Waals surface area contributed by atoms with Gasteiger partial charge in [-0.3, -0.25) is 4.79 Å². The Morgan fingerprint density at radius 3 is 2.50 bits per heavy atom. The Balaban J connectivity index is 0.00000220. The van der Waals surface area contributed by atoms with Crippen LogP contribution in [0.4, 0.5) is 0 Å². The fourth-order valence-electron chi connectivity index (χ4n) is 2.38. The van der Waals surface area contributed by atoms with Crippen molar-refractivity contribution in [3.63, 3.8) is 0 Å². The lowest BCUT2D eigenvalue weighted by Crippen LogP contribution is -2.50. The summed E-state index contributed by atoms with van der Waals surface area (Å²) < 4.78 is 0. The van der Waals surface area contributed by atoms with E-state index in [1.807, 2.05) is 13.0 Å². The van der Waals surface area contributed by atoms with E-state index >= 15 is 0 Å². The topological polar surface area (TPSA) is 44.4 Å². The van der Waals surface area contributed by atoms with Crippen molar-refractivity contribution in [1.82, 2.24) is 15.5 Å². The minimum absolute atomic E-state index is 0. The third kappa shape index (κ3) is 6.53. The normalized spacial score (nSPS) is 15.2. The minimum atomic E-state index is 0. The molecule has 4 nitrogen and oxygen atoms in total. The lowest BCUT2D eigenvalue weighted by Gasteiger charge is -2.31. The van der Waals surface area contributed by atoms with E-state index in [-0.39, 0.29) is 36.6 Å². The highest BCUT2D eigenvalue weighted by Crippen LogP contribution is 2.15. The number of halogens is 2. The fourth-order valence-corrected chi connectivity index (χ4v) is 2.38. The molecule has 1 aromatic carbocycles. The van der Waals surface area contributed by atoms with Gasteiger partial charge >= 0.3 is 0 Å². The Hall–Kier alpha value is -0.810. The SMILES string of the molecule is CC(C(=O)NCCN(C)Cc1ccccc1)C1CNC1.Cl.Cl. The predicted molar refractivity (Wildman–Crippen MR) is 95.8 cm³/mol. The van der Waals surface area contributed by atoms with Crippen LogP contribution in [0.1, 0.15) is 12.5 Å². The maximum atomic E-state index is 12.0. The number of nitrogens with one attached hydrogen (secondary N) is 2. The van der Waals surface area contributed by atoms with Crippen molar-refractivity contribution < 1.29 is 4.79 Å². The molecule has 0 bridgehead atoms. The zero-order chi connectivity index (χ0) is 14.4. The molecule has 6 heteroatoms. The van der Waals surface area contributed by atoms with E-state index in [0.717, 1.165) is 26.2 Å². The van der Waals surface area contributed by atoms with Gasteiger partial charge in [0.15, 0.2) is 0 Å². The first-order valence-corrected chi connectivity index (χ1v) is 7.37. The van der Waals surface area contributed by atoms with Crippen molar-refractivity contribution >= 4 is 30.7 Å². The number of carbonyl (C=O) groups excluding carboxylic acids is 1. The number of rotatable bonds is 7. The highest BCUT2D eigenvalue weighted by Gasteiger charge is 2.28. The van der Waals surface area contributed by atoms with Crippen molar-refractivity contribution in [2.75, 3.05) is 33.2 Å². The Bertz CT molecular complexity index is 427. The van der Waals surface area contributed by atoms with Crippen LogP contribution in [-0.4, -0.2) is 44.0 Å². The van der Waals surface area contributed by atoms with E-state index in [2.05, 4.69) is 46.8 Å². The molecule has 0 aliphatic carbocycles. The molecule has 0 spiro atoms. The van der Waals surface area contributed by atoms with Gasteiger partial charge in [-0.05, 0) is 31.6 Å². The average Bonchev–Trinajstić information content (AvgIpc) is 2.37. The number of amides is 1. The second-order valence-electron chi connectivity index (χ2n) is 5.72. The molecule has 0 radical (unpaired) electrons. The summed E-state index contributed by atoms with van der Waals surface area (Å²) in [5.41, 5.74) is 1.30. The second-order valence-corrected chi connectivity index (χ2v) is 5.72. The molecule has 22 heavy (non-hydrogen) atoms. The van der Waals surface area contributed by atoms with Gasteiger partial charge in [-0.2, -0.15) is 0 Å². The van der Waals surface area contributed by atoms with Crippen LogP contribution in [-0.2, 0) is 11.3 Å². The summed E-state index contributed by atoms with van der Waals surface area (Å²) in [7, 11) is 2.08. The number of carbonyl (C=O) groups is 1. The van der Waals surface area contributed by atoms with Crippen LogP contribution in [0.25, 0.3) is 0 Å². The highest BCUT2D eigenvalue weighted by molar-refractivity contribution is 5.85. The summed E-state index contributed by atoms with van der Waals surface area (Å²) in [4.78, 5) is 14.2. The van der Waals surface area contributed by atoms with Crippen LogP contribution in [0, 0.1) is 11.8 Å². The van der Waals surface area contributed by atoms with Crippen LogP contribution in [0.3, 0.4) is 0 Å². The molecule has 1 atom stereocenters. The molecule has 0 saturated carbocycles. The van der Waals surface area contributed by atoms with Gasteiger partial charge in [-0.1, -0.05) is 37.3 Å². The zero-order valence-corrected chi connectivity index (χ0v) is 14.9. The summed E-state index contributed by atoms with van der Waals surface area (Å²) in [6.07, 6.45) is 0.